The molecule has 45 heavy (non-hydrogen) atoms. The van der Waals surface area contributed by atoms with Crippen LogP contribution >= 0.6 is 0 Å². The van der Waals surface area contributed by atoms with Crippen molar-refractivity contribution in [3.63, 3.8) is 0 Å². The lowest BCUT2D eigenvalue weighted by atomic mass is 9.85. The number of amides is 1. The number of esters is 1. The number of fused-ring (bicyclic) bond motifs is 3. The maximum Gasteiger partial charge on any atom is 0.307 e. The Kier molecular flexibility index (Phi) is 12.1. The van der Waals surface area contributed by atoms with Gasteiger partial charge < -0.3 is 28.7 Å². The molecule has 0 radical (unpaired) electrons. The molecule has 6 rings (SSSR count). The summed E-state index contributed by atoms with van der Waals surface area (Å²) in [5.41, 5.74) is 2.02. The van der Waals surface area contributed by atoms with Gasteiger partial charge >= 0.3 is 5.97 Å². The van der Waals surface area contributed by atoms with Crippen molar-refractivity contribution in [2.75, 3.05) is 39.4 Å². The van der Waals surface area contributed by atoms with Crippen LogP contribution in [0.1, 0.15) is 79.3 Å². The molecule has 0 saturated carbocycles. The van der Waals surface area contributed by atoms with E-state index in [1.54, 1.807) is 12.1 Å². The monoisotopic (exact) mass is 618 g/mol. The minimum atomic E-state index is -0.275. The van der Waals surface area contributed by atoms with Crippen LogP contribution < -0.4 is 10.1 Å². The third-order valence-electron chi connectivity index (χ3n) is 8.59. The van der Waals surface area contributed by atoms with Gasteiger partial charge in [0.15, 0.2) is 12.1 Å². The molecule has 2 atom stereocenters. The van der Waals surface area contributed by atoms with E-state index >= 15 is 0 Å². The van der Waals surface area contributed by atoms with Crippen molar-refractivity contribution in [3.8, 4) is 5.75 Å². The summed E-state index contributed by atoms with van der Waals surface area (Å²) >= 11 is 0. The van der Waals surface area contributed by atoms with E-state index in [4.69, 9.17) is 23.4 Å². The minimum Gasteiger partial charge on any atom is -0.486 e. The highest BCUT2D eigenvalue weighted by atomic mass is 16.7. The van der Waals surface area contributed by atoms with E-state index in [-0.39, 0.29) is 49.0 Å². The molecule has 4 heterocycles. The molecule has 3 aliphatic heterocycles. The van der Waals surface area contributed by atoms with Crippen molar-refractivity contribution in [2.45, 2.75) is 70.9 Å². The number of nitrogens with zero attached hydrogens (tertiary/aromatic N) is 1. The van der Waals surface area contributed by atoms with E-state index in [9.17, 15) is 9.59 Å². The fraction of sp³-hybridized carbons (Fsp3) is 0.500. The first kappa shape index (κ1) is 32.7. The van der Waals surface area contributed by atoms with Crippen LogP contribution in [-0.2, 0) is 25.6 Å². The van der Waals surface area contributed by atoms with Crippen LogP contribution in [0.3, 0.4) is 0 Å². The Labute approximate surface area is 266 Å². The summed E-state index contributed by atoms with van der Waals surface area (Å²) in [6.45, 7) is 8.75. The average molecular weight is 619 g/mol. The van der Waals surface area contributed by atoms with Crippen LogP contribution in [0.4, 0.5) is 0 Å². The number of hydrogen-bond donors (Lipinski definition) is 1. The van der Waals surface area contributed by atoms with Gasteiger partial charge in [-0.05, 0) is 87.5 Å². The highest BCUT2D eigenvalue weighted by molar-refractivity contribution is 5.91. The average Bonchev–Trinajstić information content (AvgIpc) is 3.55. The van der Waals surface area contributed by atoms with Gasteiger partial charge in [0.2, 0.25) is 0 Å². The van der Waals surface area contributed by atoms with Crippen LogP contribution in [-0.4, -0.2) is 68.6 Å². The van der Waals surface area contributed by atoms with Crippen molar-refractivity contribution in [2.24, 2.45) is 5.92 Å². The van der Waals surface area contributed by atoms with E-state index in [0.717, 1.165) is 50.0 Å². The van der Waals surface area contributed by atoms with Gasteiger partial charge in [-0.15, -0.1) is 0 Å². The Balaban J connectivity index is 1.15. The molecule has 9 heteroatoms. The highest BCUT2D eigenvalue weighted by Crippen LogP contribution is 2.33. The predicted octanol–water partition coefficient (Wildman–Crippen LogP) is 5.93. The summed E-state index contributed by atoms with van der Waals surface area (Å²) < 4.78 is 29.0. The Morgan fingerprint density at radius 3 is 2.42 bits per heavy atom. The maximum atomic E-state index is 13.2. The molecule has 2 aromatic carbocycles. The van der Waals surface area contributed by atoms with Crippen LogP contribution in [0.15, 0.2) is 71.1 Å². The van der Waals surface area contributed by atoms with Gasteiger partial charge in [0.1, 0.15) is 24.2 Å². The van der Waals surface area contributed by atoms with E-state index in [2.05, 4.69) is 10.2 Å². The molecule has 9 nitrogen and oxygen atoms in total. The topological polar surface area (TPSA) is 99.5 Å². The summed E-state index contributed by atoms with van der Waals surface area (Å²) in [7, 11) is 0. The molecular formula is C36H46N2O7. The number of benzene rings is 2. The molecule has 0 aliphatic carbocycles. The number of rotatable bonds is 17. The summed E-state index contributed by atoms with van der Waals surface area (Å²) in [5.74, 6) is 1.29. The zero-order valence-electron chi connectivity index (χ0n) is 26.5. The Morgan fingerprint density at radius 2 is 1.71 bits per heavy atom. The number of piperidine rings is 3. The van der Waals surface area contributed by atoms with Crippen molar-refractivity contribution in [1.82, 2.24) is 10.2 Å². The zero-order valence-corrected chi connectivity index (χ0v) is 26.5. The molecule has 3 saturated heterocycles. The van der Waals surface area contributed by atoms with Crippen molar-refractivity contribution >= 4 is 11.9 Å². The van der Waals surface area contributed by atoms with Crippen LogP contribution in [0.25, 0.3) is 0 Å². The number of carbonyl (C=O) groups is 2. The quantitative estimate of drug-likeness (QED) is 0.113. The third kappa shape index (κ3) is 9.42. The summed E-state index contributed by atoms with van der Waals surface area (Å²) in [6.07, 6.45) is 3.62. The largest absolute Gasteiger partial charge is 0.486 e. The van der Waals surface area contributed by atoms with Gasteiger partial charge in [-0.25, -0.2) is 0 Å². The molecule has 0 spiro atoms. The smallest absolute Gasteiger partial charge is 0.307 e. The standard InChI is InChI=1S/C36H46N2O7/c1-3-41-35(42-4-2)14-9-19-37-36(40)32-16-15-30(44-32)25-43-29-13-8-12-28(22-29)31(26-10-6-5-7-11-26)23-34(39)45-33-24-38-20-17-27(33)18-21-38/h5-8,10-13,15-16,22,27,31,33,35H,3-4,9,14,17-21,23-25H2,1-2H3,(H,37,40)/t31-,33-/m0/s1. The summed E-state index contributed by atoms with van der Waals surface area (Å²) in [5, 5.41) is 2.89. The molecular weight excluding hydrogens is 572 g/mol. The molecule has 3 aromatic rings. The van der Waals surface area contributed by atoms with Gasteiger partial charge in [0, 0.05) is 38.6 Å². The Bertz CT molecular complexity index is 1350. The fourth-order valence-electron chi connectivity index (χ4n) is 6.24. The van der Waals surface area contributed by atoms with Gasteiger partial charge in [0.25, 0.3) is 5.91 Å². The molecule has 2 bridgehead atoms. The third-order valence-corrected chi connectivity index (χ3v) is 8.59. The zero-order chi connectivity index (χ0) is 31.4. The van der Waals surface area contributed by atoms with Crippen molar-refractivity contribution in [3.05, 3.63) is 89.4 Å². The number of ether oxygens (including phenoxy) is 4. The van der Waals surface area contributed by atoms with Gasteiger partial charge in [-0.1, -0.05) is 42.5 Å². The summed E-state index contributed by atoms with van der Waals surface area (Å²) in [6, 6.07) is 21.2. The lowest BCUT2D eigenvalue weighted by Gasteiger charge is -2.44. The summed E-state index contributed by atoms with van der Waals surface area (Å²) in [4.78, 5) is 28.2. The molecule has 1 N–H and O–H groups in total. The second kappa shape index (κ2) is 16.6. The van der Waals surface area contributed by atoms with Crippen molar-refractivity contribution in [1.29, 1.82) is 0 Å². The van der Waals surface area contributed by atoms with Crippen molar-refractivity contribution < 1.29 is 33.0 Å². The lowest BCUT2D eigenvalue weighted by Crippen LogP contribution is -2.52. The normalized spacial score (nSPS) is 19.8. The number of carbonyl (C=O) groups excluding carboxylic acids is 2. The van der Waals surface area contributed by atoms with Gasteiger partial charge in [-0.2, -0.15) is 0 Å². The molecule has 242 valence electrons. The molecule has 1 aromatic heterocycles. The van der Waals surface area contributed by atoms with Gasteiger partial charge in [-0.3, -0.25) is 14.5 Å². The predicted molar refractivity (Wildman–Crippen MR) is 170 cm³/mol. The first-order chi connectivity index (χ1) is 22.0. The molecule has 0 unspecified atom stereocenters. The van der Waals surface area contributed by atoms with E-state index in [1.807, 2.05) is 68.4 Å². The SMILES string of the molecule is CCOC(CCCNC(=O)c1ccc(COc2cccc([C@@H](CC(=O)O[C@H]3CN4CCC3CC4)c3ccccc3)c2)o1)OCC. The number of nitrogens with one attached hydrogen (secondary N) is 1. The fourth-order valence-corrected chi connectivity index (χ4v) is 6.24. The van der Waals surface area contributed by atoms with Crippen LogP contribution in [0.5, 0.6) is 5.75 Å². The molecule has 1 amide bonds. The Morgan fingerprint density at radius 1 is 0.956 bits per heavy atom. The van der Waals surface area contributed by atoms with Gasteiger partial charge in [0.05, 0.1) is 6.42 Å². The van der Waals surface area contributed by atoms with E-state index < -0.39 is 0 Å². The van der Waals surface area contributed by atoms with E-state index in [1.165, 1.54) is 0 Å². The first-order valence-corrected chi connectivity index (χ1v) is 16.3. The molecule has 3 fully saturated rings. The highest BCUT2D eigenvalue weighted by Gasteiger charge is 2.36. The Hall–Kier alpha value is -3.66. The minimum absolute atomic E-state index is 0.0143. The number of furan rings is 1. The van der Waals surface area contributed by atoms with Crippen LogP contribution in [0.2, 0.25) is 0 Å². The second-order valence-corrected chi connectivity index (χ2v) is 11.7. The number of hydrogen-bond acceptors (Lipinski definition) is 8. The second-order valence-electron chi connectivity index (χ2n) is 11.7. The van der Waals surface area contributed by atoms with E-state index in [0.29, 0.717) is 43.6 Å². The molecule has 3 aliphatic rings. The first-order valence-electron chi connectivity index (χ1n) is 16.3. The lowest BCUT2D eigenvalue weighted by molar-refractivity contribution is -0.159. The maximum absolute atomic E-state index is 13.2. The van der Waals surface area contributed by atoms with Crippen LogP contribution in [0, 0.1) is 5.92 Å².